The predicted octanol–water partition coefficient (Wildman–Crippen LogP) is 8.79. The van der Waals surface area contributed by atoms with Crippen molar-refractivity contribution in [2.75, 3.05) is 21.7 Å². The van der Waals surface area contributed by atoms with E-state index >= 15 is 0 Å². The van der Waals surface area contributed by atoms with Crippen LogP contribution in [-0.2, 0) is 0 Å². The van der Waals surface area contributed by atoms with Crippen molar-refractivity contribution in [2.24, 2.45) is 0 Å². The average molecular weight is 700 g/mol. The van der Waals surface area contributed by atoms with E-state index in [1.54, 1.807) is 97.6 Å². The van der Waals surface area contributed by atoms with Gasteiger partial charge in [0, 0.05) is 50.8 Å². The van der Waals surface area contributed by atoms with Crippen LogP contribution in [-0.4, -0.2) is 35.3 Å². The van der Waals surface area contributed by atoms with Gasteiger partial charge in [0.05, 0.1) is 11.8 Å². The average Bonchev–Trinajstić information content (AvgIpc) is 3.26. The van der Waals surface area contributed by atoms with Crippen molar-refractivity contribution in [1.82, 2.24) is 0 Å². The molecule has 1 unspecified atom stereocenters. The molecule has 5 aromatic carbocycles. The number of aliphatic hydroxyl groups is 1. The van der Waals surface area contributed by atoms with Crippen LogP contribution in [0.1, 0.15) is 88.2 Å². The van der Waals surface area contributed by atoms with Crippen molar-refractivity contribution >= 4 is 52.3 Å². The van der Waals surface area contributed by atoms with Crippen molar-refractivity contribution in [3.05, 3.63) is 158 Å². The third kappa shape index (κ3) is 7.20. The fourth-order valence-electron chi connectivity index (χ4n) is 6.53. The first-order valence-electron chi connectivity index (χ1n) is 16.8. The number of rotatable bonds is 6. The third-order valence-electron chi connectivity index (χ3n) is 9.33. The van der Waals surface area contributed by atoms with Gasteiger partial charge in [-0.25, -0.2) is 4.90 Å². The minimum absolute atomic E-state index is 0.265. The van der Waals surface area contributed by atoms with Crippen molar-refractivity contribution in [3.8, 4) is 0 Å². The molecule has 2 N–H and O–H groups in total. The Morgan fingerprint density at radius 2 is 1.31 bits per heavy atom. The highest BCUT2D eigenvalue weighted by Gasteiger charge is 2.31. The molecule has 5 aromatic rings. The van der Waals surface area contributed by atoms with Gasteiger partial charge in [-0.2, -0.15) is 0 Å². The first-order chi connectivity index (χ1) is 24.4. The lowest BCUT2D eigenvalue weighted by molar-refractivity contribution is 0.0895. The van der Waals surface area contributed by atoms with Crippen LogP contribution in [0.2, 0.25) is 5.02 Å². The maximum Gasteiger partial charge on any atom is 0.265 e. The Kier molecular flexibility index (Phi) is 10.2. The molecule has 8 nitrogen and oxygen atoms in total. The SMILES string of the molecule is Cc1ccccc1C(=O)Nc1ccc(C(=O)N(C(=O)c2ccccc2C)c2ccc(C(=O)N3CCCC(O)c4cc(Cl)ccc43)c(C)c2)c(C)c1. The van der Waals surface area contributed by atoms with Gasteiger partial charge in [0.1, 0.15) is 0 Å². The lowest BCUT2D eigenvalue weighted by atomic mass is 10.0. The maximum absolute atomic E-state index is 14.4. The van der Waals surface area contributed by atoms with E-state index < -0.39 is 17.9 Å². The van der Waals surface area contributed by atoms with Gasteiger partial charge in [0.15, 0.2) is 0 Å². The highest BCUT2D eigenvalue weighted by Crippen LogP contribution is 2.36. The molecule has 0 fully saturated rings. The van der Waals surface area contributed by atoms with E-state index in [9.17, 15) is 24.3 Å². The molecular formula is C42H38ClN3O5. The number of anilines is 3. The molecule has 9 heteroatoms. The summed E-state index contributed by atoms with van der Waals surface area (Å²) in [6.45, 7) is 7.60. The molecule has 0 bridgehead atoms. The lowest BCUT2D eigenvalue weighted by Crippen LogP contribution is -2.38. The lowest BCUT2D eigenvalue weighted by Gasteiger charge is -2.26. The van der Waals surface area contributed by atoms with Crippen LogP contribution in [0, 0.1) is 27.7 Å². The van der Waals surface area contributed by atoms with Gasteiger partial charge in [-0.1, -0.05) is 48.0 Å². The quantitative estimate of drug-likeness (QED) is 0.172. The summed E-state index contributed by atoms with van der Waals surface area (Å²) in [4.78, 5) is 58.5. The fourth-order valence-corrected chi connectivity index (χ4v) is 6.71. The van der Waals surface area contributed by atoms with E-state index in [4.69, 9.17) is 11.6 Å². The molecule has 0 saturated heterocycles. The van der Waals surface area contributed by atoms with Crippen LogP contribution in [0.4, 0.5) is 17.1 Å². The number of aryl methyl sites for hydroxylation is 4. The zero-order valence-corrected chi connectivity index (χ0v) is 29.6. The Labute approximate surface area is 302 Å². The Balaban J connectivity index is 1.35. The molecule has 1 heterocycles. The largest absolute Gasteiger partial charge is 0.388 e. The molecule has 0 aliphatic carbocycles. The summed E-state index contributed by atoms with van der Waals surface area (Å²) in [6, 6.07) is 29.3. The summed E-state index contributed by atoms with van der Waals surface area (Å²) in [5.74, 6) is -1.60. The maximum atomic E-state index is 14.4. The van der Waals surface area contributed by atoms with E-state index in [1.807, 2.05) is 38.1 Å². The van der Waals surface area contributed by atoms with Gasteiger partial charge in [-0.15, -0.1) is 0 Å². The topological polar surface area (TPSA) is 107 Å². The van der Waals surface area contributed by atoms with E-state index in [1.165, 1.54) is 0 Å². The second kappa shape index (κ2) is 14.7. The Morgan fingerprint density at radius 3 is 1.96 bits per heavy atom. The van der Waals surface area contributed by atoms with Crippen LogP contribution in [0.25, 0.3) is 0 Å². The van der Waals surface area contributed by atoms with Crippen LogP contribution >= 0.6 is 11.6 Å². The van der Waals surface area contributed by atoms with Crippen LogP contribution < -0.4 is 15.1 Å². The van der Waals surface area contributed by atoms with Crippen molar-refractivity contribution in [2.45, 2.75) is 46.6 Å². The molecule has 51 heavy (non-hydrogen) atoms. The Bertz CT molecular complexity index is 2200. The number of amides is 4. The van der Waals surface area contributed by atoms with E-state index in [-0.39, 0.29) is 17.4 Å². The molecule has 6 rings (SSSR count). The highest BCUT2D eigenvalue weighted by molar-refractivity contribution is 6.31. The number of carbonyl (C=O) groups excluding carboxylic acids is 4. The molecule has 1 aliphatic heterocycles. The van der Waals surface area contributed by atoms with E-state index in [2.05, 4.69) is 5.32 Å². The number of nitrogens with one attached hydrogen (secondary N) is 1. The smallest absolute Gasteiger partial charge is 0.265 e. The van der Waals surface area contributed by atoms with Crippen molar-refractivity contribution < 1.29 is 24.3 Å². The first-order valence-corrected chi connectivity index (χ1v) is 17.1. The molecule has 4 amide bonds. The number of nitrogens with zero attached hydrogens (tertiary/aromatic N) is 2. The fraction of sp³-hybridized carbons (Fsp3) is 0.190. The number of hydrogen-bond acceptors (Lipinski definition) is 5. The second-order valence-corrected chi connectivity index (χ2v) is 13.3. The monoisotopic (exact) mass is 699 g/mol. The van der Waals surface area contributed by atoms with Gasteiger partial charge in [-0.3, -0.25) is 19.2 Å². The summed E-state index contributed by atoms with van der Waals surface area (Å²) < 4.78 is 0. The highest BCUT2D eigenvalue weighted by atomic mass is 35.5. The Morgan fingerprint density at radius 1 is 0.706 bits per heavy atom. The number of carbonyl (C=O) groups is 4. The molecule has 0 spiro atoms. The summed E-state index contributed by atoms with van der Waals surface area (Å²) in [5.41, 5.74) is 6.27. The third-order valence-corrected chi connectivity index (χ3v) is 9.56. The molecule has 0 saturated carbocycles. The number of imide groups is 1. The van der Waals surface area contributed by atoms with E-state index in [0.717, 1.165) is 10.5 Å². The molecule has 1 atom stereocenters. The molecule has 0 aromatic heterocycles. The summed E-state index contributed by atoms with van der Waals surface area (Å²) >= 11 is 6.24. The molecule has 0 radical (unpaired) electrons. The van der Waals surface area contributed by atoms with Gasteiger partial charge < -0.3 is 15.3 Å². The first kappa shape index (κ1) is 35.3. The van der Waals surface area contributed by atoms with Gasteiger partial charge in [0.2, 0.25) is 0 Å². The van der Waals surface area contributed by atoms with E-state index in [0.29, 0.717) is 80.4 Å². The number of fused-ring (bicyclic) bond motifs is 1. The zero-order chi connectivity index (χ0) is 36.4. The van der Waals surface area contributed by atoms with Gasteiger partial charge in [0.25, 0.3) is 23.6 Å². The number of hydrogen-bond donors (Lipinski definition) is 2. The minimum Gasteiger partial charge on any atom is -0.388 e. The number of benzene rings is 5. The number of aliphatic hydroxyl groups excluding tert-OH is 1. The zero-order valence-electron chi connectivity index (χ0n) is 28.9. The standard InChI is InChI=1S/C42H38ClN3O5/c1-25-10-5-7-12-32(25)39(48)44-30-16-18-35(27(3)22-30)42(51)46(41(50)33-13-8-6-11-26(33)2)31-17-19-34(28(4)23-31)40(49)45-21-9-14-38(47)36-24-29(43)15-20-37(36)45/h5-8,10-13,15-20,22-24,38,47H,9,14,21H2,1-4H3,(H,44,48). The minimum atomic E-state index is -0.742. The number of halogens is 1. The summed E-state index contributed by atoms with van der Waals surface area (Å²) in [5, 5.41) is 14.1. The van der Waals surface area contributed by atoms with Crippen molar-refractivity contribution in [1.29, 1.82) is 0 Å². The predicted molar refractivity (Wildman–Crippen MR) is 201 cm³/mol. The van der Waals surface area contributed by atoms with Crippen molar-refractivity contribution in [3.63, 3.8) is 0 Å². The Hall–Kier alpha value is -5.57. The van der Waals surface area contributed by atoms with Crippen LogP contribution in [0.3, 0.4) is 0 Å². The molecule has 1 aliphatic rings. The normalized spacial score (nSPS) is 13.9. The van der Waals surface area contributed by atoms with Gasteiger partial charge >= 0.3 is 0 Å². The molecular weight excluding hydrogens is 662 g/mol. The molecule has 258 valence electrons. The van der Waals surface area contributed by atoms with Crippen LogP contribution in [0.15, 0.2) is 103 Å². The summed E-state index contributed by atoms with van der Waals surface area (Å²) in [7, 11) is 0. The second-order valence-electron chi connectivity index (χ2n) is 12.9. The van der Waals surface area contributed by atoms with Gasteiger partial charge in [-0.05, 0) is 130 Å². The van der Waals surface area contributed by atoms with Crippen LogP contribution in [0.5, 0.6) is 0 Å². The summed E-state index contributed by atoms with van der Waals surface area (Å²) in [6.07, 6.45) is 0.345.